The van der Waals surface area contributed by atoms with Gasteiger partial charge in [-0.05, 0) is 22.2 Å². The molecule has 1 aromatic heterocycles. The van der Waals surface area contributed by atoms with Crippen molar-refractivity contribution in [1.82, 2.24) is 14.1 Å². The van der Waals surface area contributed by atoms with E-state index in [1.165, 1.54) is 4.68 Å². The zero-order valence-electron chi connectivity index (χ0n) is 9.34. The molecule has 0 aliphatic rings. The van der Waals surface area contributed by atoms with E-state index >= 15 is 0 Å². The summed E-state index contributed by atoms with van der Waals surface area (Å²) < 4.78 is 3.58. The highest BCUT2D eigenvalue weighted by Crippen LogP contribution is 2.14. The minimum Gasteiger partial charge on any atom is -0.267 e. The number of nitrogens with zero attached hydrogens (tertiary/aromatic N) is 3. The van der Waals surface area contributed by atoms with Gasteiger partial charge in [0.15, 0.2) is 0 Å². The normalized spacial score (nSPS) is 11.2. The molecule has 0 aliphatic heterocycles. The van der Waals surface area contributed by atoms with E-state index in [9.17, 15) is 4.79 Å². The Labute approximate surface area is 116 Å². The highest BCUT2D eigenvalue weighted by molar-refractivity contribution is 14.2. The molecular weight excluding hydrogens is 349 g/mol. The van der Waals surface area contributed by atoms with E-state index in [0.29, 0.717) is 6.54 Å². The van der Waals surface area contributed by atoms with Crippen LogP contribution in [0.5, 0.6) is 0 Å². The molecular formula is C11H12IN3OS. The topological polar surface area (TPSA) is 38.1 Å². The number of likely N-dealkylation sites (N-methyl/N-ethyl adjacent to an activating group) is 1. The minimum absolute atomic E-state index is 0.0186. The van der Waals surface area contributed by atoms with E-state index in [-0.39, 0.29) is 5.56 Å². The largest absolute Gasteiger partial charge is 0.274 e. The molecule has 1 heterocycles. The fourth-order valence-electron chi connectivity index (χ4n) is 1.56. The average Bonchev–Trinajstić information content (AvgIpc) is 2.38. The molecule has 90 valence electrons. The minimum atomic E-state index is -0.0186. The van der Waals surface area contributed by atoms with Gasteiger partial charge in [0.2, 0.25) is 0 Å². The van der Waals surface area contributed by atoms with E-state index < -0.39 is 0 Å². The highest BCUT2D eigenvalue weighted by atomic mass is 127. The van der Waals surface area contributed by atoms with Crippen LogP contribution in [0.15, 0.2) is 35.3 Å². The first-order valence-corrected chi connectivity index (χ1v) is 8.48. The van der Waals surface area contributed by atoms with Gasteiger partial charge in [0.05, 0.1) is 18.1 Å². The van der Waals surface area contributed by atoms with Gasteiger partial charge >= 0.3 is 0 Å². The lowest BCUT2D eigenvalue weighted by Crippen LogP contribution is -2.27. The molecule has 0 saturated heterocycles. The lowest BCUT2D eigenvalue weighted by molar-refractivity contribution is 0.474. The van der Waals surface area contributed by atoms with Crippen molar-refractivity contribution in [1.29, 1.82) is 0 Å². The standard InChI is InChI=1S/C11H12IN3OS/c1-14(17-12)6-7-15-11(16)10-5-3-2-4-9(10)8-13-15/h2-5,8H,6-7H2,1H3. The maximum absolute atomic E-state index is 12.1. The number of hydrogen-bond donors (Lipinski definition) is 0. The van der Waals surface area contributed by atoms with E-state index in [1.807, 2.05) is 31.3 Å². The zero-order valence-corrected chi connectivity index (χ0v) is 12.3. The number of rotatable bonds is 4. The fraction of sp³-hybridized carbons (Fsp3) is 0.273. The van der Waals surface area contributed by atoms with E-state index in [4.69, 9.17) is 0 Å². The number of aromatic nitrogens is 2. The van der Waals surface area contributed by atoms with Gasteiger partial charge in [-0.25, -0.2) is 8.99 Å². The van der Waals surface area contributed by atoms with Crippen molar-refractivity contribution in [2.24, 2.45) is 0 Å². The predicted octanol–water partition coefficient (Wildman–Crippen LogP) is 2.33. The second-order valence-corrected chi connectivity index (χ2v) is 5.62. The molecule has 0 spiro atoms. The molecule has 0 radical (unpaired) electrons. The lowest BCUT2D eigenvalue weighted by atomic mass is 10.2. The molecule has 0 saturated carbocycles. The van der Waals surface area contributed by atoms with Crippen molar-refractivity contribution in [3.05, 3.63) is 40.8 Å². The number of hydrogen-bond acceptors (Lipinski definition) is 4. The van der Waals surface area contributed by atoms with Gasteiger partial charge in [0.25, 0.3) is 5.56 Å². The van der Waals surface area contributed by atoms with Gasteiger partial charge in [-0.2, -0.15) is 5.10 Å². The Balaban J connectivity index is 2.30. The van der Waals surface area contributed by atoms with Crippen LogP contribution in [-0.4, -0.2) is 27.7 Å². The Kier molecular flexibility index (Phi) is 4.41. The number of benzene rings is 1. The van der Waals surface area contributed by atoms with Crippen LogP contribution in [0.3, 0.4) is 0 Å². The molecule has 0 bridgehead atoms. The molecule has 4 nitrogen and oxygen atoms in total. The first kappa shape index (κ1) is 12.8. The summed E-state index contributed by atoms with van der Waals surface area (Å²) in [5.41, 5.74) is -0.0186. The van der Waals surface area contributed by atoms with E-state index in [0.717, 1.165) is 17.3 Å². The molecule has 0 amide bonds. The Hall–Kier alpha value is -0.600. The summed E-state index contributed by atoms with van der Waals surface area (Å²) in [5, 5.41) is 5.80. The van der Waals surface area contributed by atoms with Crippen LogP contribution in [0.1, 0.15) is 0 Å². The van der Waals surface area contributed by atoms with Crippen molar-refractivity contribution in [3.8, 4) is 0 Å². The molecule has 0 N–H and O–H groups in total. The van der Waals surface area contributed by atoms with Crippen LogP contribution >= 0.6 is 30.3 Å². The Morgan fingerprint density at radius 1 is 1.47 bits per heavy atom. The smallest absolute Gasteiger partial charge is 0.267 e. The molecule has 1 aromatic carbocycles. The third kappa shape index (κ3) is 2.99. The summed E-state index contributed by atoms with van der Waals surface area (Å²) in [5.74, 6) is 0. The molecule has 0 unspecified atom stereocenters. The van der Waals surface area contributed by atoms with Crippen molar-refractivity contribution in [3.63, 3.8) is 0 Å². The highest BCUT2D eigenvalue weighted by Gasteiger charge is 2.04. The first-order chi connectivity index (χ1) is 8.22. The number of halogens is 1. The first-order valence-electron chi connectivity index (χ1n) is 5.17. The van der Waals surface area contributed by atoms with E-state index in [1.54, 1.807) is 15.3 Å². The van der Waals surface area contributed by atoms with Crippen LogP contribution in [0.25, 0.3) is 10.8 Å². The Bertz CT molecular complexity index is 572. The van der Waals surface area contributed by atoms with Crippen molar-refractivity contribution >= 4 is 41.1 Å². The van der Waals surface area contributed by atoms with Crippen molar-refractivity contribution in [2.75, 3.05) is 13.6 Å². The van der Waals surface area contributed by atoms with Gasteiger partial charge in [-0.3, -0.25) is 4.79 Å². The average molecular weight is 361 g/mol. The summed E-state index contributed by atoms with van der Waals surface area (Å²) in [7, 11) is 3.60. The summed E-state index contributed by atoms with van der Waals surface area (Å²) in [6.07, 6.45) is 1.74. The molecule has 2 aromatic rings. The number of fused-ring (bicyclic) bond motifs is 1. The second-order valence-electron chi connectivity index (χ2n) is 3.68. The second kappa shape index (κ2) is 5.83. The molecule has 0 aliphatic carbocycles. The molecule has 2 rings (SSSR count). The van der Waals surface area contributed by atoms with Crippen LogP contribution in [-0.2, 0) is 6.54 Å². The lowest BCUT2D eigenvalue weighted by Gasteiger charge is -2.11. The SMILES string of the molecule is CN(CCn1ncc2ccccc2c1=O)SI. The molecule has 0 atom stereocenters. The monoisotopic (exact) mass is 361 g/mol. The van der Waals surface area contributed by atoms with Crippen LogP contribution < -0.4 is 5.56 Å². The van der Waals surface area contributed by atoms with E-state index in [2.05, 4.69) is 30.6 Å². The van der Waals surface area contributed by atoms with Crippen LogP contribution in [0.2, 0.25) is 0 Å². The summed E-state index contributed by atoms with van der Waals surface area (Å²) in [6.45, 7) is 1.40. The molecule has 17 heavy (non-hydrogen) atoms. The Morgan fingerprint density at radius 2 is 2.24 bits per heavy atom. The third-order valence-corrected chi connectivity index (χ3v) is 4.94. The van der Waals surface area contributed by atoms with Gasteiger partial charge < -0.3 is 0 Å². The van der Waals surface area contributed by atoms with Crippen LogP contribution in [0.4, 0.5) is 0 Å². The Morgan fingerprint density at radius 3 is 3.00 bits per heavy atom. The summed E-state index contributed by atoms with van der Waals surface area (Å²) in [6, 6.07) is 7.53. The van der Waals surface area contributed by atoms with Crippen molar-refractivity contribution in [2.45, 2.75) is 6.54 Å². The fourth-order valence-corrected chi connectivity index (χ4v) is 2.30. The van der Waals surface area contributed by atoms with Crippen molar-refractivity contribution < 1.29 is 0 Å². The third-order valence-electron chi connectivity index (χ3n) is 2.51. The van der Waals surface area contributed by atoms with Gasteiger partial charge in [-0.15, -0.1) is 0 Å². The van der Waals surface area contributed by atoms with Gasteiger partial charge in [0.1, 0.15) is 0 Å². The maximum Gasteiger partial charge on any atom is 0.274 e. The predicted molar refractivity (Wildman–Crippen MR) is 80.2 cm³/mol. The molecule has 0 fully saturated rings. The summed E-state index contributed by atoms with van der Waals surface area (Å²) >= 11 is 2.21. The van der Waals surface area contributed by atoms with Crippen LogP contribution in [0, 0.1) is 0 Å². The molecule has 6 heteroatoms. The zero-order chi connectivity index (χ0) is 12.3. The quantitative estimate of drug-likeness (QED) is 0.619. The summed E-state index contributed by atoms with van der Waals surface area (Å²) in [4.78, 5) is 12.1. The van der Waals surface area contributed by atoms with Gasteiger partial charge in [0, 0.05) is 33.1 Å². The van der Waals surface area contributed by atoms with Gasteiger partial charge in [-0.1, -0.05) is 18.2 Å². The maximum atomic E-state index is 12.1.